The lowest BCUT2D eigenvalue weighted by Gasteiger charge is -2.24. The largest absolute Gasteiger partial charge is 0.361 e. The summed E-state index contributed by atoms with van der Waals surface area (Å²) in [6.07, 6.45) is 8.13. The molecule has 1 atom stereocenters. The first kappa shape index (κ1) is 16.7. The van der Waals surface area contributed by atoms with E-state index in [0.717, 1.165) is 13.0 Å². The van der Waals surface area contributed by atoms with Crippen molar-refractivity contribution in [3.63, 3.8) is 0 Å². The van der Waals surface area contributed by atoms with E-state index in [-0.39, 0.29) is 0 Å². The number of hydrogen-bond donors (Lipinski definition) is 1. The monoisotopic (exact) mass is 350 g/mol. The fourth-order valence-corrected chi connectivity index (χ4v) is 4.41. The van der Waals surface area contributed by atoms with Gasteiger partial charge < -0.3 is 4.98 Å². The minimum Gasteiger partial charge on any atom is -0.361 e. The maximum absolute atomic E-state index is 3.46. The van der Waals surface area contributed by atoms with E-state index in [1.165, 1.54) is 51.9 Å². The summed E-state index contributed by atoms with van der Waals surface area (Å²) >= 11 is 1.82. The zero-order valence-electron chi connectivity index (χ0n) is 15.1. The molecule has 4 rings (SSSR count). The number of H-pyrrole nitrogens is 1. The van der Waals surface area contributed by atoms with Crippen molar-refractivity contribution in [3.05, 3.63) is 65.4 Å². The number of rotatable bonds is 5. The van der Waals surface area contributed by atoms with Crippen LogP contribution >= 0.6 is 11.8 Å². The maximum Gasteiger partial charge on any atom is 0.0457 e. The predicted molar refractivity (Wildman–Crippen MR) is 108 cm³/mol. The third-order valence-electron chi connectivity index (χ3n) is 5.44. The maximum atomic E-state index is 3.46. The number of thioether (sulfide) groups is 1. The molecule has 1 fully saturated rings. The third kappa shape index (κ3) is 3.63. The molecule has 3 aromatic rings. The van der Waals surface area contributed by atoms with E-state index in [2.05, 4.69) is 71.7 Å². The van der Waals surface area contributed by atoms with Crippen LogP contribution in [0.4, 0.5) is 0 Å². The van der Waals surface area contributed by atoms with Crippen molar-refractivity contribution >= 4 is 22.7 Å². The van der Waals surface area contributed by atoms with Gasteiger partial charge in [0.1, 0.15) is 0 Å². The second kappa shape index (κ2) is 7.27. The van der Waals surface area contributed by atoms with Crippen molar-refractivity contribution in [1.82, 2.24) is 9.88 Å². The Bertz CT molecular complexity index is 850. The van der Waals surface area contributed by atoms with Gasteiger partial charge in [-0.25, -0.2) is 0 Å². The second-order valence-corrected chi connectivity index (χ2v) is 8.06. The van der Waals surface area contributed by atoms with E-state index in [1.807, 2.05) is 11.8 Å². The Hall–Kier alpha value is -1.71. The zero-order valence-corrected chi connectivity index (χ0v) is 15.9. The van der Waals surface area contributed by atoms with Gasteiger partial charge in [-0.15, -0.1) is 11.8 Å². The lowest BCUT2D eigenvalue weighted by Crippen LogP contribution is -2.30. The SMILES string of the molecule is CSc1ccc2[nH]cc(C[C@H]3CCCN3Cc3ccc(C)cc3)c2c1. The third-order valence-corrected chi connectivity index (χ3v) is 6.16. The fourth-order valence-electron chi connectivity index (χ4n) is 3.97. The van der Waals surface area contributed by atoms with Gasteiger partial charge in [-0.1, -0.05) is 29.8 Å². The van der Waals surface area contributed by atoms with Crippen molar-refractivity contribution in [2.75, 3.05) is 12.8 Å². The van der Waals surface area contributed by atoms with E-state index in [9.17, 15) is 0 Å². The molecule has 2 heterocycles. The van der Waals surface area contributed by atoms with Crippen LogP contribution < -0.4 is 0 Å². The van der Waals surface area contributed by atoms with Gasteiger partial charge in [0.2, 0.25) is 0 Å². The van der Waals surface area contributed by atoms with E-state index in [4.69, 9.17) is 0 Å². The molecule has 0 bridgehead atoms. The smallest absolute Gasteiger partial charge is 0.0457 e. The van der Waals surface area contributed by atoms with Crippen LogP contribution in [0.2, 0.25) is 0 Å². The summed E-state index contributed by atoms with van der Waals surface area (Å²) in [5.74, 6) is 0. The molecule has 3 heteroatoms. The van der Waals surface area contributed by atoms with Crippen LogP contribution in [0.1, 0.15) is 29.5 Å². The molecule has 1 saturated heterocycles. The molecule has 1 N–H and O–H groups in total. The fraction of sp³-hybridized carbons (Fsp3) is 0.364. The van der Waals surface area contributed by atoms with Gasteiger partial charge in [-0.3, -0.25) is 4.90 Å². The zero-order chi connectivity index (χ0) is 17.2. The topological polar surface area (TPSA) is 19.0 Å². The summed E-state index contributed by atoms with van der Waals surface area (Å²) in [4.78, 5) is 7.47. The summed E-state index contributed by atoms with van der Waals surface area (Å²) in [6.45, 7) is 4.45. The molecule has 0 amide bonds. The molecule has 0 aliphatic carbocycles. The van der Waals surface area contributed by atoms with Gasteiger partial charge in [-0.2, -0.15) is 0 Å². The molecular formula is C22H26N2S. The van der Waals surface area contributed by atoms with Crippen LogP contribution in [-0.4, -0.2) is 28.7 Å². The molecule has 0 radical (unpaired) electrons. The first-order valence-corrected chi connectivity index (χ1v) is 10.4. The predicted octanol–water partition coefficient (Wildman–Crippen LogP) is 5.41. The summed E-state index contributed by atoms with van der Waals surface area (Å²) in [5, 5.41) is 1.40. The van der Waals surface area contributed by atoms with Crippen LogP contribution in [0.5, 0.6) is 0 Å². The quantitative estimate of drug-likeness (QED) is 0.621. The Balaban J connectivity index is 1.52. The highest BCUT2D eigenvalue weighted by Crippen LogP contribution is 2.29. The Morgan fingerprint density at radius 1 is 1.16 bits per heavy atom. The number of aryl methyl sites for hydroxylation is 1. The van der Waals surface area contributed by atoms with E-state index in [0.29, 0.717) is 6.04 Å². The van der Waals surface area contributed by atoms with E-state index in [1.54, 1.807) is 0 Å². The number of benzene rings is 2. The summed E-state index contributed by atoms with van der Waals surface area (Å²) in [6, 6.07) is 16.4. The van der Waals surface area contributed by atoms with Crippen molar-refractivity contribution < 1.29 is 0 Å². The molecule has 25 heavy (non-hydrogen) atoms. The number of aromatic nitrogens is 1. The number of aromatic amines is 1. The number of nitrogens with one attached hydrogen (secondary N) is 1. The van der Waals surface area contributed by atoms with Gasteiger partial charge in [0.25, 0.3) is 0 Å². The molecule has 0 saturated carbocycles. The average molecular weight is 351 g/mol. The summed E-state index contributed by atoms with van der Waals surface area (Å²) < 4.78 is 0. The molecular weight excluding hydrogens is 324 g/mol. The minimum atomic E-state index is 0.651. The molecule has 2 aromatic carbocycles. The highest BCUT2D eigenvalue weighted by Gasteiger charge is 2.25. The minimum absolute atomic E-state index is 0.651. The van der Waals surface area contributed by atoms with E-state index >= 15 is 0 Å². The molecule has 1 aromatic heterocycles. The molecule has 2 nitrogen and oxygen atoms in total. The second-order valence-electron chi connectivity index (χ2n) is 7.18. The van der Waals surface area contributed by atoms with Gasteiger partial charge in [-0.05, 0) is 68.3 Å². The number of hydrogen-bond acceptors (Lipinski definition) is 2. The van der Waals surface area contributed by atoms with Gasteiger partial charge in [0, 0.05) is 34.6 Å². The first-order chi connectivity index (χ1) is 12.2. The van der Waals surface area contributed by atoms with Crippen LogP contribution in [0.3, 0.4) is 0 Å². The number of fused-ring (bicyclic) bond motifs is 1. The van der Waals surface area contributed by atoms with Crippen LogP contribution in [0, 0.1) is 6.92 Å². The highest BCUT2D eigenvalue weighted by molar-refractivity contribution is 7.98. The number of nitrogens with zero attached hydrogens (tertiary/aromatic N) is 1. The van der Waals surface area contributed by atoms with Crippen molar-refractivity contribution in [1.29, 1.82) is 0 Å². The standard InChI is InChI=1S/C22H26N2S/c1-16-5-7-17(8-6-16)15-24-11-3-4-19(24)12-18-14-23-22-10-9-20(25-2)13-21(18)22/h5-10,13-14,19,23H,3-4,11-12,15H2,1-2H3/t19-/m1/s1. The first-order valence-electron chi connectivity index (χ1n) is 9.16. The van der Waals surface area contributed by atoms with Crippen molar-refractivity contribution in [3.8, 4) is 0 Å². The Morgan fingerprint density at radius 3 is 2.80 bits per heavy atom. The summed E-state index contributed by atoms with van der Waals surface area (Å²) in [5.41, 5.74) is 5.49. The lowest BCUT2D eigenvalue weighted by molar-refractivity contribution is 0.244. The Morgan fingerprint density at radius 2 is 2.00 bits per heavy atom. The molecule has 130 valence electrons. The Kier molecular flexibility index (Phi) is 4.87. The average Bonchev–Trinajstić information content (AvgIpc) is 3.24. The van der Waals surface area contributed by atoms with E-state index < -0.39 is 0 Å². The molecule has 0 spiro atoms. The Labute approximate surface area is 154 Å². The van der Waals surface area contributed by atoms with Crippen molar-refractivity contribution in [2.45, 2.75) is 43.7 Å². The normalized spacial score (nSPS) is 18.2. The lowest BCUT2D eigenvalue weighted by atomic mass is 10.0. The van der Waals surface area contributed by atoms with Crippen molar-refractivity contribution in [2.24, 2.45) is 0 Å². The van der Waals surface area contributed by atoms with Crippen LogP contribution in [-0.2, 0) is 13.0 Å². The molecule has 1 aliphatic heterocycles. The van der Waals surface area contributed by atoms with Gasteiger partial charge in [0.05, 0.1) is 0 Å². The summed E-state index contributed by atoms with van der Waals surface area (Å²) in [7, 11) is 0. The highest BCUT2D eigenvalue weighted by atomic mass is 32.2. The number of likely N-dealkylation sites (tertiary alicyclic amines) is 1. The van der Waals surface area contributed by atoms with Gasteiger partial charge in [0.15, 0.2) is 0 Å². The molecule has 0 unspecified atom stereocenters. The molecule has 1 aliphatic rings. The van der Waals surface area contributed by atoms with Gasteiger partial charge >= 0.3 is 0 Å². The van der Waals surface area contributed by atoms with Crippen LogP contribution in [0.25, 0.3) is 10.9 Å². The van der Waals surface area contributed by atoms with Crippen LogP contribution in [0.15, 0.2) is 53.6 Å².